The van der Waals surface area contributed by atoms with E-state index in [4.69, 9.17) is 23.2 Å². The smallest absolute Gasteiger partial charge is 0.211 e. The van der Waals surface area contributed by atoms with Crippen molar-refractivity contribution in [1.29, 1.82) is 0 Å². The highest BCUT2D eigenvalue weighted by atomic mass is 35.5. The molecule has 0 radical (unpaired) electrons. The number of nitrogens with one attached hydrogen (secondary N) is 1. The van der Waals surface area contributed by atoms with Gasteiger partial charge in [0.15, 0.2) is 0 Å². The van der Waals surface area contributed by atoms with Crippen molar-refractivity contribution in [2.45, 2.75) is 6.54 Å². The Labute approximate surface area is 137 Å². The van der Waals surface area contributed by atoms with Gasteiger partial charge >= 0.3 is 0 Å². The average molecular weight is 332 g/mol. The molecule has 2 aromatic rings. The fourth-order valence-corrected chi connectivity index (χ4v) is 2.79. The third kappa shape index (κ3) is 2.54. The highest BCUT2D eigenvalue weighted by molar-refractivity contribution is 6.49. The summed E-state index contributed by atoms with van der Waals surface area (Å²) in [6.45, 7) is 0.312. The molecule has 5 heteroatoms. The van der Waals surface area contributed by atoms with E-state index in [0.717, 1.165) is 5.56 Å². The first-order valence-electron chi connectivity index (χ1n) is 6.65. The monoisotopic (exact) mass is 331 g/mol. The Balaban J connectivity index is 1.91. The normalized spacial score (nSPS) is 14.1. The van der Waals surface area contributed by atoms with Crippen LogP contribution in [0.25, 0.3) is 0 Å². The predicted molar refractivity (Wildman–Crippen MR) is 86.3 cm³/mol. The van der Waals surface area contributed by atoms with E-state index in [2.05, 4.69) is 5.32 Å². The van der Waals surface area contributed by atoms with Gasteiger partial charge in [-0.25, -0.2) is 0 Å². The summed E-state index contributed by atoms with van der Waals surface area (Å²) >= 11 is 12.2. The molecule has 0 fully saturated rings. The molecule has 0 amide bonds. The number of hydrogen-bond donors (Lipinski definition) is 1. The van der Waals surface area contributed by atoms with E-state index in [1.54, 1.807) is 30.3 Å². The van der Waals surface area contributed by atoms with Crippen LogP contribution < -0.4 is 5.32 Å². The first-order valence-corrected chi connectivity index (χ1v) is 7.40. The lowest BCUT2D eigenvalue weighted by molar-refractivity contribution is 0.0974. The molecule has 2 aromatic carbocycles. The highest BCUT2D eigenvalue weighted by Gasteiger charge is 2.30. The largest absolute Gasteiger partial charge is 0.376 e. The van der Waals surface area contributed by atoms with Gasteiger partial charge in [0.25, 0.3) is 0 Å². The number of fused-ring (bicyclic) bond motifs is 1. The zero-order valence-corrected chi connectivity index (χ0v) is 12.9. The second-order valence-corrected chi connectivity index (χ2v) is 5.62. The fourth-order valence-electron chi connectivity index (χ4n) is 2.33. The molecule has 0 aromatic heterocycles. The first-order chi connectivity index (χ1) is 10.6. The van der Waals surface area contributed by atoms with Crippen LogP contribution in [0.1, 0.15) is 26.3 Å². The number of rotatable bonds is 3. The molecule has 3 nitrogen and oxygen atoms in total. The van der Waals surface area contributed by atoms with Crippen LogP contribution in [0.3, 0.4) is 0 Å². The summed E-state index contributed by atoms with van der Waals surface area (Å²) in [5.41, 5.74) is 1.63. The zero-order chi connectivity index (χ0) is 15.7. The van der Waals surface area contributed by atoms with Gasteiger partial charge in [-0.15, -0.1) is 0 Å². The van der Waals surface area contributed by atoms with Crippen LogP contribution in [0.15, 0.2) is 59.3 Å². The summed E-state index contributed by atoms with van der Waals surface area (Å²) in [5, 5.41) is 3.44. The van der Waals surface area contributed by atoms with Gasteiger partial charge in [0, 0.05) is 22.7 Å². The number of hydrogen-bond acceptors (Lipinski definition) is 3. The summed E-state index contributed by atoms with van der Waals surface area (Å²) in [4.78, 5) is 24.7. The number of Topliss-reactive ketones (excluding diaryl/α,β-unsaturated/α-hetero) is 2. The molecule has 22 heavy (non-hydrogen) atoms. The second kappa shape index (κ2) is 5.95. The number of carbonyl (C=O) groups is 2. The standard InChI is InChI=1S/C17H11Cl2NO2/c18-13-8-4-1-5-10(13)9-20-15-14(19)16(21)11-6-2-3-7-12(11)17(15)22/h1-8,20H,9H2. The van der Waals surface area contributed by atoms with Gasteiger partial charge in [-0.2, -0.15) is 0 Å². The second-order valence-electron chi connectivity index (χ2n) is 4.84. The Morgan fingerprint density at radius 1 is 0.818 bits per heavy atom. The molecular weight excluding hydrogens is 321 g/mol. The Morgan fingerprint density at radius 2 is 1.41 bits per heavy atom. The molecule has 1 aliphatic carbocycles. The molecular formula is C17H11Cl2NO2. The number of ketones is 2. The van der Waals surface area contributed by atoms with E-state index in [1.165, 1.54) is 0 Å². The summed E-state index contributed by atoms with van der Waals surface area (Å²) in [5.74, 6) is -0.634. The van der Waals surface area contributed by atoms with E-state index >= 15 is 0 Å². The molecule has 0 bridgehead atoms. The lowest BCUT2D eigenvalue weighted by atomic mass is 9.92. The van der Waals surface area contributed by atoms with Gasteiger partial charge in [0.1, 0.15) is 10.7 Å². The Kier molecular flexibility index (Phi) is 4.01. The summed E-state index contributed by atoms with van der Waals surface area (Å²) in [7, 11) is 0. The van der Waals surface area contributed by atoms with Crippen molar-refractivity contribution in [3.8, 4) is 0 Å². The third-order valence-electron chi connectivity index (χ3n) is 3.48. The van der Waals surface area contributed by atoms with Gasteiger partial charge in [-0.05, 0) is 11.6 Å². The first kappa shape index (κ1) is 14.8. The van der Waals surface area contributed by atoms with Crippen LogP contribution in [0.2, 0.25) is 5.02 Å². The molecule has 0 spiro atoms. The van der Waals surface area contributed by atoms with Gasteiger partial charge in [-0.3, -0.25) is 9.59 Å². The molecule has 0 heterocycles. The van der Waals surface area contributed by atoms with Gasteiger partial charge in [0.2, 0.25) is 11.6 Å². The third-order valence-corrected chi connectivity index (χ3v) is 4.21. The maximum atomic E-state index is 12.5. The summed E-state index contributed by atoms with van der Waals surface area (Å²) in [6.07, 6.45) is 0. The van der Waals surface area contributed by atoms with Crippen LogP contribution in [0.4, 0.5) is 0 Å². The van der Waals surface area contributed by atoms with Gasteiger partial charge < -0.3 is 5.32 Å². The topological polar surface area (TPSA) is 46.2 Å². The molecule has 1 aliphatic rings. The highest BCUT2D eigenvalue weighted by Crippen LogP contribution is 2.27. The van der Waals surface area contributed by atoms with E-state index in [1.807, 2.05) is 18.2 Å². The molecule has 0 unspecified atom stereocenters. The summed E-state index contributed by atoms with van der Waals surface area (Å²) in [6, 6.07) is 13.9. The van der Waals surface area contributed by atoms with Crippen molar-refractivity contribution in [3.63, 3.8) is 0 Å². The Morgan fingerprint density at radius 3 is 2.09 bits per heavy atom. The quantitative estimate of drug-likeness (QED) is 0.925. The van der Waals surface area contributed by atoms with E-state index < -0.39 is 0 Å². The minimum Gasteiger partial charge on any atom is -0.376 e. The number of benzene rings is 2. The van der Waals surface area contributed by atoms with E-state index in [0.29, 0.717) is 22.7 Å². The number of carbonyl (C=O) groups excluding carboxylic acids is 2. The van der Waals surface area contributed by atoms with Crippen LogP contribution in [-0.2, 0) is 6.54 Å². The molecule has 110 valence electrons. The van der Waals surface area contributed by atoms with Crippen molar-refractivity contribution in [2.75, 3.05) is 0 Å². The minimum atomic E-state index is -0.349. The molecule has 0 saturated carbocycles. The summed E-state index contributed by atoms with van der Waals surface area (Å²) < 4.78 is 0. The SMILES string of the molecule is O=C1C(Cl)=C(NCc2ccccc2Cl)C(=O)c2ccccc21. The molecule has 0 saturated heterocycles. The van der Waals surface area contributed by atoms with Crippen LogP contribution >= 0.6 is 23.2 Å². The van der Waals surface area contributed by atoms with Gasteiger partial charge in [-0.1, -0.05) is 65.7 Å². The van der Waals surface area contributed by atoms with Crippen LogP contribution in [0, 0.1) is 0 Å². The van der Waals surface area contributed by atoms with E-state index in [9.17, 15) is 9.59 Å². The Hall–Kier alpha value is -2.10. The predicted octanol–water partition coefficient (Wildman–Crippen LogP) is 3.96. The lowest BCUT2D eigenvalue weighted by Crippen LogP contribution is -2.28. The molecule has 3 rings (SSSR count). The van der Waals surface area contributed by atoms with Crippen molar-refractivity contribution >= 4 is 34.8 Å². The Bertz CT molecular complexity index is 812. The molecule has 0 atom stereocenters. The fraction of sp³-hybridized carbons (Fsp3) is 0.0588. The maximum absolute atomic E-state index is 12.5. The number of allylic oxidation sites excluding steroid dienone is 2. The maximum Gasteiger partial charge on any atom is 0.211 e. The van der Waals surface area contributed by atoms with Crippen molar-refractivity contribution in [1.82, 2.24) is 5.32 Å². The van der Waals surface area contributed by atoms with Crippen LogP contribution in [-0.4, -0.2) is 11.6 Å². The average Bonchev–Trinajstić information content (AvgIpc) is 2.54. The minimum absolute atomic E-state index is 0.0873. The van der Waals surface area contributed by atoms with Crippen molar-refractivity contribution in [2.24, 2.45) is 0 Å². The van der Waals surface area contributed by atoms with Crippen LogP contribution in [0.5, 0.6) is 0 Å². The van der Waals surface area contributed by atoms with Crippen molar-refractivity contribution < 1.29 is 9.59 Å². The van der Waals surface area contributed by atoms with Gasteiger partial charge in [0.05, 0.1) is 0 Å². The van der Waals surface area contributed by atoms with Crippen molar-refractivity contribution in [3.05, 3.63) is 81.0 Å². The molecule has 1 N–H and O–H groups in total. The number of halogens is 2. The zero-order valence-electron chi connectivity index (χ0n) is 11.4. The molecule has 0 aliphatic heterocycles. The lowest BCUT2D eigenvalue weighted by Gasteiger charge is -2.19. The van der Waals surface area contributed by atoms with E-state index in [-0.39, 0.29) is 22.3 Å².